The quantitative estimate of drug-likeness (QED) is 0.611. The average Bonchev–Trinajstić information content (AvgIpc) is 3.26. The minimum absolute atomic E-state index is 0.187. The number of Topliss-reactive ketones (excluding diaryl/α,β-unsaturated/α-hetero) is 1. The predicted octanol–water partition coefficient (Wildman–Crippen LogP) is 4.68. The molecule has 4 nitrogen and oxygen atoms in total. The third-order valence-corrected chi connectivity index (χ3v) is 6.28. The molecule has 0 amide bonds. The third kappa shape index (κ3) is 3.49. The highest BCUT2D eigenvalue weighted by molar-refractivity contribution is 6.12. The van der Waals surface area contributed by atoms with Gasteiger partial charge in [0.2, 0.25) is 5.78 Å². The number of ether oxygens (including phenoxy) is 1. The Morgan fingerprint density at radius 2 is 1.86 bits per heavy atom. The smallest absolute Gasteiger partial charge is 0.206 e. The fourth-order valence-electron chi connectivity index (χ4n) is 4.67. The normalized spacial score (nSPS) is 19.2. The number of ketones is 1. The van der Waals surface area contributed by atoms with Crippen LogP contribution in [0, 0.1) is 5.92 Å². The first-order valence-corrected chi connectivity index (χ1v) is 10.4. The van der Waals surface area contributed by atoms with E-state index in [0.717, 1.165) is 60.4 Å². The van der Waals surface area contributed by atoms with Crippen molar-refractivity contribution in [2.24, 2.45) is 5.92 Å². The van der Waals surface area contributed by atoms with E-state index in [1.54, 1.807) is 7.11 Å². The number of piperidine rings is 1. The molecule has 3 aromatic rings. The third-order valence-electron chi connectivity index (χ3n) is 6.28. The van der Waals surface area contributed by atoms with Crippen molar-refractivity contribution in [3.8, 4) is 5.75 Å². The first-order valence-electron chi connectivity index (χ1n) is 10.4. The molecule has 1 saturated heterocycles. The second-order valence-electron chi connectivity index (χ2n) is 8.16. The molecule has 1 aromatic heterocycles. The van der Waals surface area contributed by atoms with Crippen LogP contribution in [0.1, 0.15) is 28.9 Å². The van der Waals surface area contributed by atoms with Crippen LogP contribution in [-0.4, -0.2) is 35.4 Å². The Hall–Kier alpha value is -2.85. The number of methoxy groups -OCH3 is 1. The van der Waals surface area contributed by atoms with Gasteiger partial charge >= 0.3 is 0 Å². The van der Waals surface area contributed by atoms with Crippen LogP contribution in [-0.2, 0) is 13.1 Å². The van der Waals surface area contributed by atoms with E-state index in [-0.39, 0.29) is 5.78 Å². The summed E-state index contributed by atoms with van der Waals surface area (Å²) in [5.41, 5.74) is 4.24. The van der Waals surface area contributed by atoms with Gasteiger partial charge in [0.1, 0.15) is 5.75 Å². The average molecular weight is 386 g/mol. The van der Waals surface area contributed by atoms with E-state index in [4.69, 9.17) is 4.74 Å². The van der Waals surface area contributed by atoms with E-state index in [0.29, 0.717) is 12.5 Å². The minimum atomic E-state index is 0.187. The van der Waals surface area contributed by atoms with Crippen molar-refractivity contribution in [2.45, 2.75) is 25.9 Å². The second kappa shape index (κ2) is 7.53. The number of allylic oxidation sites excluding steroid dienone is 2. The topological polar surface area (TPSA) is 34.5 Å². The van der Waals surface area contributed by atoms with E-state index in [2.05, 4.69) is 51.9 Å². The number of hydrogen-bond donors (Lipinski definition) is 0. The van der Waals surface area contributed by atoms with Crippen molar-refractivity contribution in [3.05, 3.63) is 77.5 Å². The summed E-state index contributed by atoms with van der Waals surface area (Å²) in [6.45, 7) is 3.89. The first-order chi connectivity index (χ1) is 14.2. The van der Waals surface area contributed by atoms with Crippen LogP contribution in [0.5, 0.6) is 5.75 Å². The molecule has 0 N–H and O–H groups in total. The van der Waals surface area contributed by atoms with Crippen LogP contribution in [0.15, 0.2) is 66.2 Å². The predicted molar refractivity (Wildman–Crippen MR) is 115 cm³/mol. The minimum Gasteiger partial charge on any atom is -0.497 e. The molecule has 0 atom stereocenters. The van der Waals surface area contributed by atoms with Gasteiger partial charge in [-0.15, -0.1) is 0 Å². The summed E-state index contributed by atoms with van der Waals surface area (Å²) in [4.78, 5) is 15.5. The van der Waals surface area contributed by atoms with Crippen molar-refractivity contribution in [1.82, 2.24) is 9.47 Å². The second-order valence-corrected chi connectivity index (χ2v) is 8.16. The summed E-state index contributed by atoms with van der Waals surface area (Å²) in [7, 11) is 1.67. The van der Waals surface area contributed by atoms with E-state index < -0.39 is 0 Å². The van der Waals surface area contributed by atoms with Crippen LogP contribution in [0.2, 0.25) is 0 Å². The molecule has 0 bridgehead atoms. The van der Waals surface area contributed by atoms with Gasteiger partial charge in [0.05, 0.1) is 19.3 Å². The molecule has 3 heterocycles. The number of benzene rings is 2. The lowest BCUT2D eigenvalue weighted by Gasteiger charge is -2.30. The molecule has 148 valence electrons. The van der Waals surface area contributed by atoms with E-state index >= 15 is 0 Å². The molecule has 0 radical (unpaired) electrons. The molecule has 2 aliphatic rings. The van der Waals surface area contributed by atoms with E-state index in [1.165, 1.54) is 5.56 Å². The van der Waals surface area contributed by atoms with Gasteiger partial charge < -0.3 is 9.30 Å². The van der Waals surface area contributed by atoms with Gasteiger partial charge in [-0.05, 0) is 61.7 Å². The van der Waals surface area contributed by atoms with Crippen molar-refractivity contribution < 1.29 is 9.53 Å². The molecule has 0 unspecified atom stereocenters. The molecule has 5 rings (SSSR count). The lowest BCUT2D eigenvalue weighted by Crippen LogP contribution is -2.32. The molecule has 0 aliphatic carbocycles. The Bertz CT molecular complexity index is 1070. The largest absolute Gasteiger partial charge is 0.497 e. The molecule has 2 aliphatic heterocycles. The van der Waals surface area contributed by atoms with Crippen molar-refractivity contribution in [3.63, 3.8) is 0 Å². The Balaban J connectivity index is 1.26. The van der Waals surface area contributed by atoms with Gasteiger partial charge in [0, 0.05) is 23.0 Å². The number of likely N-dealkylation sites (tertiary alicyclic amines) is 1. The summed E-state index contributed by atoms with van der Waals surface area (Å²) >= 11 is 0. The van der Waals surface area contributed by atoms with Gasteiger partial charge in [-0.2, -0.15) is 0 Å². The van der Waals surface area contributed by atoms with Gasteiger partial charge in [0.25, 0.3) is 0 Å². The molecule has 4 heteroatoms. The fourth-order valence-corrected chi connectivity index (χ4v) is 4.67. The standard InChI is InChI=1S/C25H26N2O2/c1-29-22-7-8-23-20(14-22)15-24-25(28)21(17-27(23)24)13-18-9-11-26(12-10-18)16-19-5-3-2-4-6-19/h2-8,13-15,18H,9-12,16-17H2,1H3. The number of fused-ring (bicyclic) bond motifs is 3. The number of carbonyl (C=O) groups excluding carboxylic acids is 1. The lowest BCUT2D eigenvalue weighted by atomic mass is 9.93. The van der Waals surface area contributed by atoms with Crippen LogP contribution >= 0.6 is 0 Å². The summed E-state index contributed by atoms with van der Waals surface area (Å²) in [5.74, 6) is 1.51. The number of nitrogens with zero attached hydrogens (tertiary/aromatic N) is 2. The van der Waals surface area contributed by atoms with Gasteiger partial charge in [0.15, 0.2) is 0 Å². The maximum absolute atomic E-state index is 13.0. The molecule has 0 spiro atoms. The SMILES string of the molecule is COc1ccc2c(c1)cc1n2CC(=CC2CCN(Cc3ccccc3)CC2)C1=O. The maximum atomic E-state index is 13.0. The zero-order valence-corrected chi connectivity index (χ0v) is 16.8. The highest BCUT2D eigenvalue weighted by Gasteiger charge is 2.28. The zero-order chi connectivity index (χ0) is 19.8. The monoisotopic (exact) mass is 386 g/mol. The summed E-state index contributed by atoms with van der Waals surface area (Å²) in [6, 6.07) is 18.7. The van der Waals surface area contributed by atoms with Crippen molar-refractivity contribution in [2.75, 3.05) is 20.2 Å². The molecule has 1 fully saturated rings. The number of rotatable bonds is 4. The highest BCUT2D eigenvalue weighted by atomic mass is 16.5. The van der Waals surface area contributed by atoms with Crippen molar-refractivity contribution >= 4 is 16.7 Å². The molecular weight excluding hydrogens is 360 g/mol. The van der Waals surface area contributed by atoms with Gasteiger partial charge in [-0.25, -0.2) is 0 Å². The molecule has 2 aromatic carbocycles. The van der Waals surface area contributed by atoms with Crippen molar-refractivity contribution in [1.29, 1.82) is 0 Å². The van der Waals surface area contributed by atoms with Gasteiger partial charge in [-0.1, -0.05) is 36.4 Å². The molecule has 0 saturated carbocycles. The van der Waals surface area contributed by atoms with Crippen LogP contribution in [0.3, 0.4) is 0 Å². The first kappa shape index (κ1) is 18.2. The summed E-state index contributed by atoms with van der Waals surface area (Å²) in [5, 5.41) is 1.07. The summed E-state index contributed by atoms with van der Waals surface area (Å²) < 4.78 is 7.45. The van der Waals surface area contributed by atoms with Crippen LogP contribution in [0.25, 0.3) is 10.9 Å². The zero-order valence-electron chi connectivity index (χ0n) is 16.8. The van der Waals surface area contributed by atoms with Crippen LogP contribution in [0.4, 0.5) is 0 Å². The number of carbonyl (C=O) groups is 1. The van der Waals surface area contributed by atoms with Gasteiger partial charge in [-0.3, -0.25) is 9.69 Å². The van der Waals surface area contributed by atoms with E-state index in [1.807, 2.05) is 18.2 Å². The maximum Gasteiger partial charge on any atom is 0.206 e. The van der Waals surface area contributed by atoms with E-state index in [9.17, 15) is 4.79 Å². The fraction of sp³-hybridized carbons (Fsp3) is 0.320. The highest BCUT2D eigenvalue weighted by Crippen LogP contribution is 2.32. The Kier molecular flexibility index (Phi) is 4.72. The Morgan fingerprint density at radius 1 is 1.07 bits per heavy atom. The summed E-state index contributed by atoms with van der Waals surface area (Å²) in [6.07, 6.45) is 4.50. The number of aromatic nitrogens is 1. The Labute approximate surface area is 171 Å². The van der Waals surface area contributed by atoms with Crippen LogP contribution < -0.4 is 4.74 Å². The lowest BCUT2D eigenvalue weighted by molar-refractivity contribution is 0.103. The molecular formula is C25H26N2O2. The number of hydrogen-bond acceptors (Lipinski definition) is 3. The Morgan fingerprint density at radius 3 is 2.62 bits per heavy atom. The molecule has 29 heavy (non-hydrogen) atoms.